The third-order valence-electron chi connectivity index (χ3n) is 6.57. The first-order chi connectivity index (χ1) is 23.2. The van der Waals surface area contributed by atoms with Crippen LogP contribution in [0, 0.1) is 13.8 Å². The van der Waals surface area contributed by atoms with E-state index in [2.05, 4.69) is 25.5 Å². The summed E-state index contributed by atoms with van der Waals surface area (Å²) in [5.41, 5.74) is 2.36. The van der Waals surface area contributed by atoms with Gasteiger partial charge in [-0.25, -0.2) is 28.8 Å². The van der Waals surface area contributed by atoms with Crippen LogP contribution in [-0.4, -0.2) is 81.6 Å². The predicted molar refractivity (Wildman–Crippen MR) is 162 cm³/mol. The molecule has 0 saturated heterocycles. The van der Waals surface area contributed by atoms with Crippen molar-refractivity contribution in [3.63, 3.8) is 0 Å². The van der Waals surface area contributed by atoms with Gasteiger partial charge in [0, 0.05) is 24.3 Å². The quantitative estimate of drug-likeness (QED) is 0.0820. The molecule has 1 aliphatic carbocycles. The number of carbonyl (C=O) groups is 6. The highest BCUT2D eigenvalue weighted by molar-refractivity contribution is 6.05. The van der Waals surface area contributed by atoms with Crippen molar-refractivity contribution in [2.75, 3.05) is 18.2 Å². The summed E-state index contributed by atoms with van der Waals surface area (Å²) in [5, 5.41) is 17.1. The molecule has 1 aromatic carbocycles. The highest BCUT2D eigenvalue weighted by Gasteiger charge is 2.38. The second kappa shape index (κ2) is 16.7. The number of carbonyl (C=O) groups excluding carboxylic acids is 5. The highest BCUT2D eigenvalue weighted by Crippen LogP contribution is 2.34. The lowest BCUT2D eigenvalue weighted by Crippen LogP contribution is -2.31. The Balaban J connectivity index is 0.000000838. The average molecular weight is 693 g/mol. The molecule has 49 heavy (non-hydrogen) atoms. The number of rotatable bonds is 12. The SMILES string of the molecule is CCCNC(=O)c1cn2ncnc(N(C(=O)OCOC(=O)/C=C/OC=O)c3cc(C(=O)NC4CC4)ccc3C)c2c1C.O=C(O)C(F)(F)F. The summed E-state index contributed by atoms with van der Waals surface area (Å²) in [7, 11) is 0. The van der Waals surface area contributed by atoms with E-state index in [0.29, 0.717) is 34.3 Å². The standard InChI is InChI=1S/C28H30N6O8.C2HF3O2/c1-4-10-29-27(38)21-13-33-24(18(21)3)25(30-14-31-33)34(28(39)42-16-41-23(36)9-11-40-15-35)22-12-19(6-5-17(22)2)26(37)32-20-7-8-20;3-2(4,5)1(6)7/h5-6,9,11-15,20H,4,7-8,10,16H2,1-3H3,(H,29,38)(H,32,37);(H,6,7)/b11-9+;. The van der Waals surface area contributed by atoms with Crippen LogP contribution in [0.3, 0.4) is 0 Å². The monoisotopic (exact) mass is 692 g/mol. The van der Waals surface area contributed by atoms with E-state index in [1.807, 2.05) is 6.92 Å². The number of esters is 1. The number of amides is 3. The van der Waals surface area contributed by atoms with Crippen molar-refractivity contribution >= 4 is 53.3 Å². The third kappa shape index (κ3) is 10.2. The van der Waals surface area contributed by atoms with Gasteiger partial charge in [0.15, 0.2) is 5.82 Å². The van der Waals surface area contributed by atoms with Gasteiger partial charge in [0.2, 0.25) is 6.79 Å². The summed E-state index contributed by atoms with van der Waals surface area (Å²) in [6.07, 6.45) is 0.867. The molecule has 3 amide bonds. The number of carboxylic acid groups (broad SMARTS) is 1. The first kappa shape index (κ1) is 37.4. The van der Waals surface area contributed by atoms with Crippen LogP contribution in [0.1, 0.15) is 58.0 Å². The van der Waals surface area contributed by atoms with E-state index in [0.717, 1.165) is 36.5 Å². The number of nitrogens with zero attached hydrogens (tertiary/aromatic N) is 4. The van der Waals surface area contributed by atoms with Crippen LogP contribution in [0.2, 0.25) is 0 Å². The van der Waals surface area contributed by atoms with Crippen LogP contribution in [0.5, 0.6) is 0 Å². The Hall–Kier alpha value is -6.01. The zero-order valence-electron chi connectivity index (χ0n) is 26.3. The molecule has 1 saturated carbocycles. The Morgan fingerprint density at radius 2 is 1.82 bits per heavy atom. The number of halogens is 3. The molecule has 0 aliphatic heterocycles. The normalized spacial score (nSPS) is 12.4. The number of benzene rings is 1. The molecular weight excluding hydrogens is 661 g/mol. The lowest BCUT2D eigenvalue weighted by molar-refractivity contribution is -0.192. The molecule has 0 spiro atoms. The number of hydrogen-bond acceptors (Lipinski definition) is 11. The van der Waals surface area contributed by atoms with Crippen molar-refractivity contribution in [2.24, 2.45) is 0 Å². The van der Waals surface area contributed by atoms with Gasteiger partial charge < -0.3 is 30.0 Å². The minimum absolute atomic E-state index is 0.0653. The molecule has 0 bridgehead atoms. The number of ether oxygens (including phenoxy) is 3. The molecule has 2 heterocycles. The Bertz CT molecular complexity index is 1750. The van der Waals surface area contributed by atoms with Gasteiger partial charge >= 0.3 is 24.2 Å². The van der Waals surface area contributed by atoms with Crippen molar-refractivity contribution in [1.29, 1.82) is 0 Å². The number of aliphatic carboxylic acids is 1. The van der Waals surface area contributed by atoms with Gasteiger partial charge in [-0.15, -0.1) is 0 Å². The molecule has 4 rings (SSSR count). The molecule has 1 fully saturated rings. The third-order valence-corrected chi connectivity index (χ3v) is 6.57. The summed E-state index contributed by atoms with van der Waals surface area (Å²) in [6, 6.07) is 4.98. The fourth-order valence-corrected chi connectivity index (χ4v) is 4.03. The van der Waals surface area contributed by atoms with Crippen LogP contribution < -0.4 is 15.5 Å². The Morgan fingerprint density at radius 1 is 1.12 bits per heavy atom. The molecule has 0 unspecified atom stereocenters. The molecule has 16 nitrogen and oxygen atoms in total. The fourth-order valence-electron chi connectivity index (χ4n) is 4.03. The number of hydrogen-bond donors (Lipinski definition) is 3. The van der Waals surface area contributed by atoms with Gasteiger partial charge in [0.25, 0.3) is 18.3 Å². The molecule has 3 aromatic rings. The van der Waals surface area contributed by atoms with Gasteiger partial charge in [-0.3, -0.25) is 14.4 Å². The van der Waals surface area contributed by atoms with Gasteiger partial charge in [0.1, 0.15) is 18.1 Å². The number of alkyl halides is 3. The molecule has 3 N–H and O–H groups in total. The van der Waals surface area contributed by atoms with Gasteiger partial charge in [0.05, 0.1) is 17.3 Å². The van der Waals surface area contributed by atoms with E-state index in [1.54, 1.807) is 26.0 Å². The highest BCUT2D eigenvalue weighted by atomic mass is 19.4. The number of fused-ring (bicyclic) bond motifs is 1. The summed E-state index contributed by atoms with van der Waals surface area (Å²) in [4.78, 5) is 75.7. The topological polar surface area (TPSA) is 208 Å². The summed E-state index contributed by atoms with van der Waals surface area (Å²) in [6.45, 7) is 5.19. The maximum absolute atomic E-state index is 13.6. The maximum Gasteiger partial charge on any atom is 0.490 e. The Labute approximate surface area is 275 Å². The molecule has 1 aliphatic rings. The van der Waals surface area contributed by atoms with E-state index < -0.39 is 31.0 Å². The van der Waals surface area contributed by atoms with Crippen molar-refractivity contribution in [1.82, 2.24) is 25.2 Å². The second-order valence-electron chi connectivity index (χ2n) is 10.2. The largest absolute Gasteiger partial charge is 0.490 e. The number of anilines is 2. The summed E-state index contributed by atoms with van der Waals surface area (Å²) >= 11 is 0. The van der Waals surface area contributed by atoms with E-state index in [9.17, 15) is 37.1 Å². The molecule has 2 aromatic heterocycles. The summed E-state index contributed by atoms with van der Waals surface area (Å²) in [5.74, 6) is -4.23. The molecule has 262 valence electrons. The minimum Gasteiger partial charge on any atom is -0.475 e. The number of aromatic nitrogens is 3. The number of nitrogens with one attached hydrogen (secondary N) is 2. The lowest BCUT2D eigenvalue weighted by Gasteiger charge is -2.24. The van der Waals surface area contributed by atoms with E-state index in [-0.39, 0.29) is 35.8 Å². The van der Waals surface area contributed by atoms with Crippen LogP contribution in [-0.2, 0) is 28.6 Å². The van der Waals surface area contributed by atoms with Crippen LogP contribution in [0.25, 0.3) is 5.52 Å². The van der Waals surface area contributed by atoms with Crippen molar-refractivity contribution < 1.29 is 61.3 Å². The van der Waals surface area contributed by atoms with E-state index >= 15 is 0 Å². The van der Waals surface area contributed by atoms with Crippen LogP contribution in [0.15, 0.2) is 43.1 Å². The zero-order valence-corrected chi connectivity index (χ0v) is 26.3. The van der Waals surface area contributed by atoms with Crippen LogP contribution in [0.4, 0.5) is 29.5 Å². The van der Waals surface area contributed by atoms with Crippen molar-refractivity contribution in [3.8, 4) is 0 Å². The van der Waals surface area contributed by atoms with Gasteiger partial charge in [-0.2, -0.15) is 18.3 Å². The smallest absolute Gasteiger partial charge is 0.475 e. The molecular formula is C30H31F3N6O10. The number of carboxylic acids is 1. The maximum atomic E-state index is 13.6. The second-order valence-corrected chi connectivity index (χ2v) is 10.2. The lowest BCUT2D eigenvalue weighted by atomic mass is 10.1. The van der Waals surface area contributed by atoms with Crippen molar-refractivity contribution in [3.05, 3.63) is 65.3 Å². The Morgan fingerprint density at radius 3 is 2.43 bits per heavy atom. The van der Waals surface area contributed by atoms with Crippen LogP contribution >= 0.6 is 0 Å². The summed E-state index contributed by atoms with van der Waals surface area (Å²) < 4.78 is 47.6. The minimum atomic E-state index is -5.08. The fraction of sp³-hybridized carbons (Fsp3) is 0.333. The molecule has 0 radical (unpaired) electrons. The number of aryl methyl sites for hydroxylation is 2. The average Bonchev–Trinajstić information content (AvgIpc) is 3.80. The molecule has 19 heteroatoms. The first-order valence-corrected chi connectivity index (χ1v) is 14.4. The Kier molecular flexibility index (Phi) is 12.8. The van der Waals surface area contributed by atoms with Crippen molar-refractivity contribution in [2.45, 2.75) is 52.3 Å². The van der Waals surface area contributed by atoms with E-state index in [4.69, 9.17) is 19.4 Å². The predicted octanol–water partition coefficient (Wildman–Crippen LogP) is 3.47. The zero-order chi connectivity index (χ0) is 36.3. The van der Waals surface area contributed by atoms with Gasteiger partial charge in [-0.1, -0.05) is 13.0 Å². The molecule has 0 atom stereocenters. The first-order valence-electron chi connectivity index (χ1n) is 14.4. The van der Waals surface area contributed by atoms with E-state index in [1.165, 1.54) is 23.1 Å². The van der Waals surface area contributed by atoms with Gasteiger partial charge in [-0.05, 0) is 56.4 Å².